The predicted molar refractivity (Wildman–Crippen MR) is 99.9 cm³/mol. The van der Waals surface area contributed by atoms with Crippen LogP contribution in [0, 0.1) is 6.92 Å². The number of amides is 1. The molecule has 7 heteroatoms. The molecular weight excluding hydrogens is 328 g/mol. The van der Waals surface area contributed by atoms with Crippen LogP contribution in [0.1, 0.15) is 25.3 Å². The quantitative estimate of drug-likeness (QED) is 0.362. The zero-order valence-electron chi connectivity index (χ0n) is 14.6. The van der Waals surface area contributed by atoms with Crippen molar-refractivity contribution >= 4 is 29.2 Å². The highest BCUT2D eigenvalue weighted by atomic mass is 35.5. The maximum atomic E-state index is 12.0. The van der Waals surface area contributed by atoms with Crippen molar-refractivity contribution in [2.45, 2.75) is 26.7 Å². The monoisotopic (exact) mass is 354 g/mol. The van der Waals surface area contributed by atoms with Crippen LogP contribution in [0.4, 0.5) is 5.69 Å². The summed E-state index contributed by atoms with van der Waals surface area (Å²) in [4.78, 5) is 16.1. The number of benzene rings is 1. The van der Waals surface area contributed by atoms with E-state index in [9.17, 15) is 4.79 Å². The van der Waals surface area contributed by atoms with E-state index in [0.29, 0.717) is 29.6 Å². The van der Waals surface area contributed by atoms with E-state index < -0.39 is 0 Å². The summed E-state index contributed by atoms with van der Waals surface area (Å²) in [5.74, 6) is 0.577. The molecule has 1 rings (SSSR count). The molecule has 3 N–H and O–H groups in total. The van der Waals surface area contributed by atoms with E-state index in [1.54, 1.807) is 7.05 Å². The Morgan fingerprint density at radius 3 is 2.71 bits per heavy atom. The maximum Gasteiger partial charge on any atom is 0.226 e. The number of anilines is 1. The Morgan fingerprint density at radius 1 is 1.29 bits per heavy atom. The molecule has 24 heavy (non-hydrogen) atoms. The number of rotatable bonds is 9. The minimum Gasteiger partial charge on any atom is -0.382 e. The third-order valence-electron chi connectivity index (χ3n) is 3.23. The van der Waals surface area contributed by atoms with Crippen molar-refractivity contribution in [1.29, 1.82) is 0 Å². The van der Waals surface area contributed by atoms with Gasteiger partial charge in [0.1, 0.15) is 0 Å². The van der Waals surface area contributed by atoms with E-state index in [1.807, 2.05) is 32.0 Å². The number of nitrogens with zero attached hydrogens (tertiary/aromatic N) is 1. The number of guanidine groups is 1. The molecule has 0 radical (unpaired) electrons. The molecule has 0 heterocycles. The van der Waals surface area contributed by atoms with E-state index in [2.05, 4.69) is 20.9 Å². The van der Waals surface area contributed by atoms with Gasteiger partial charge in [-0.05, 0) is 38.0 Å². The smallest absolute Gasteiger partial charge is 0.226 e. The summed E-state index contributed by atoms with van der Waals surface area (Å²) in [6.45, 7) is 6.63. The molecule has 0 atom stereocenters. The van der Waals surface area contributed by atoms with Crippen molar-refractivity contribution in [2.75, 3.05) is 38.7 Å². The van der Waals surface area contributed by atoms with Gasteiger partial charge in [0, 0.05) is 39.8 Å². The number of hydrogen-bond donors (Lipinski definition) is 3. The van der Waals surface area contributed by atoms with Gasteiger partial charge in [-0.15, -0.1) is 0 Å². The summed E-state index contributed by atoms with van der Waals surface area (Å²) < 4.78 is 5.27. The summed E-state index contributed by atoms with van der Waals surface area (Å²) in [6, 6.07) is 5.54. The average Bonchev–Trinajstić information content (AvgIpc) is 2.55. The van der Waals surface area contributed by atoms with Crippen molar-refractivity contribution in [3.05, 3.63) is 28.8 Å². The van der Waals surface area contributed by atoms with E-state index in [-0.39, 0.29) is 5.91 Å². The minimum atomic E-state index is -0.0972. The normalized spacial score (nSPS) is 11.2. The summed E-state index contributed by atoms with van der Waals surface area (Å²) in [5, 5.41) is 9.63. The van der Waals surface area contributed by atoms with Crippen molar-refractivity contribution in [3.63, 3.8) is 0 Å². The molecule has 0 saturated heterocycles. The second kappa shape index (κ2) is 11.7. The number of aryl methyl sites for hydroxylation is 1. The minimum absolute atomic E-state index is 0.0972. The fourth-order valence-corrected chi connectivity index (χ4v) is 2.26. The van der Waals surface area contributed by atoms with Gasteiger partial charge in [-0.25, -0.2) is 0 Å². The number of nitrogens with one attached hydrogen (secondary N) is 3. The number of ether oxygens (including phenoxy) is 1. The lowest BCUT2D eigenvalue weighted by molar-refractivity contribution is -0.116. The van der Waals surface area contributed by atoms with Crippen LogP contribution in [-0.2, 0) is 9.53 Å². The van der Waals surface area contributed by atoms with Crippen LogP contribution >= 0.6 is 11.6 Å². The Labute approximate surface area is 149 Å². The topological polar surface area (TPSA) is 74.8 Å². The molecule has 0 unspecified atom stereocenters. The Hall–Kier alpha value is -1.79. The molecule has 0 saturated carbocycles. The van der Waals surface area contributed by atoms with Crippen LogP contribution in [0.5, 0.6) is 0 Å². The van der Waals surface area contributed by atoms with Gasteiger partial charge in [0.2, 0.25) is 5.91 Å². The van der Waals surface area contributed by atoms with Gasteiger partial charge >= 0.3 is 0 Å². The first-order valence-corrected chi connectivity index (χ1v) is 8.53. The molecule has 1 aromatic carbocycles. The van der Waals surface area contributed by atoms with Gasteiger partial charge in [-0.2, -0.15) is 0 Å². The van der Waals surface area contributed by atoms with Gasteiger partial charge in [0.25, 0.3) is 0 Å². The molecule has 0 fully saturated rings. The number of aliphatic imine (C=N–C) groups is 1. The van der Waals surface area contributed by atoms with Gasteiger partial charge in [0.05, 0.1) is 10.7 Å². The molecule has 1 aromatic rings. The summed E-state index contributed by atoms with van der Waals surface area (Å²) in [5.41, 5.74) is 1.68. The third kappa shape index (κ3) is 8.17. The van der Waals surface area contributed by atoms with E-state index in [0.717, 1.165) is 31.7 Å². The van der Waals surface area contributed by atoms with E-state index in [4.69, 9.17) is 16.3 Å². The highest BCUT2D eigenvalue weighted by molar-refractivity contribution is 6.33. The van der Waals surface area contributed by atoms with Crippen molar-refractivity contribution in [2.24, 2.45) is 4.99 Å². The third-order valence-corrected chi connectivity index (χ3v) is 3.54. The summed E-state index contributed by atoms with van der Waals surface area (Å²) in [6.07, 6.45) is 1.23. The highest BCUT2D eigenvalue weighted by Crippen LogP contribution is 2.22. The maximum absolute atomic E-state index is 12.0. The zero-order chi connectivity index (χ0) is 17.8. The van der Waals surface area contributed by atoms with Gasteiger partial charge in [0.15, 0.2) is 5.96 Å². The first kappa shape index (κ1) is 20.3. The van der Waals surface area contributed by atoms with Gasteiger partial charge in [-0.1, -0.05) is 17.7 Å². The molecule has 134 valence electrons. The predicted octanol–water partition coefficient (Wildman–Crippen LogP) is 2.57. The fourth-order valence-electron chi connectivity index (χ4n) is 1.97. The molecule has 0 aromatic heterocycles. The van der Waals surface area contributed by atoms with Crippen molar-refractivity contribution in [3.8, 4) is 0 Å². The second-order valence-electron chi connectivity index (χ2n) is 5.26. The number of carbonyl (C=O) groups excluding carboxylic acids is 1. The SMILES string of the molecule is CCOCCCNC(=NC)NCCC(=O)Nc1ccc(C)cc1Cl. The van der Waals surface area contributed by atoms with Gasteiger partial charge in [-0.3, -0.25) is 9.79 Å². The lowest BCUT2D eigenvalue weighted by Gasteiger charge is -2.12. The fraction of sp³-hybridized carbons (Fsp3) is 0.529. The lowest BCUT2D eigenvalue weighted by atomic mass is 10.2. The lowest BCUT2D eigenvalue weighted by Crippen LogP contribution is -2.39. The number of carbonyl (C=O) groups is 1. The van der Waals surface area contributed by atoms with Gasteiger partial charge < -0.3 is 20.7 Å². The summed E-state index contributed by atoms with van der Waals surface area (Å²) >= 11 is 6.10. The van der Waals surface area contributed by atoms with Crippen LogP contribution in [-0.4, -0.2) is 45.2 Å². The molecule has 0 aliphatic heterocycles. The molecule has 0 bridgehead atoms. The van der Waals surface area contributed by atoms with Crippen LogP contribution in [0.2, 0.25) is 5.02 Å². The van der Waals surface area contributed by atoms with Crippen molar-refractivity contribution < 1.29 is 9.53 Å². The number of hydrogen-bond acceptors (Lipinski definition) is 3. The Kier molecular flexibility index (Phi) is 9.88. The van der Waals surface area contributed by atoms with Crippen molar-refractivity contribution in [1.82, 2.24) is 10.6 Å². The van der Waals surface area contributed by atoms with Crippen LogP contribution in [0.15, 0.2) is 23.2 Å². The highest BCUT2D eigenvalue weighted by Gasteiger charge is 2.06. The molecular formula is C17H27ClN4O2. The van der Waals surface area contributed by atoms with E-state index in [1.165, 1.54) is 0 Å². The molecule has 0 spiro atoms. The van der Waals surface area contributed by atoms with E-state index >= 15 is 0 Å². The largest absolute Gasteiger partial charge is 0.382 e. The summed E-state index contributed by atoms with van der Waals surface area (Å²) in [7, 11) is 1.70. The van der Waals surface area contributed by atoms with Crippen LogP contribution in [0.3, 0.4) is 0 Å². The first-order valence-electron chi connectivity index (χ1n) is 8.15. The number of halogens is 1. The first-order chi connectivity index (χ1) is 11.6. The second-order valence-corrected chi connectivity index (χ2v) is 5.66. The molecule has 1 amide bonds. The van der Waals surface area contributed by atoms with Crippen LogP contribution < -0.4 is 16.0 Å². The van der Waals surface area contributed by atoms with Crippen LogP contribution in [0.25, 0.3) is 0 Å². The molecule has 6 nitrogen and oxygen atoms in total. The molecule has 0 aliphatic carbocycles. The average molecular weight is 355 g/mol. The standard InChI is InChI=1S/C17H27ClN4O2/c1-4-24-11-5-9-20-17(19-3)21-10-8-16(23)22-15-7-6-13(2)12-14(15)18/h6-7,12H,4-5,8-11H2,1-3H3,(H,22,23)(H2,19,20,21). The molecule has 0 aliphatic rings. The Morgan fingerprint density at radius 2 is 2.04 bits per heavy atom. The Bertz CT molecular complexity index is 549. The zero-order valence-corrected chi connectivity index (χ0v) is 15.4. The Balaban J connectivity index is 2.26.